The second-order valence-electron chi connectivity index (χ2n) is 6.97. The SMILES string of the molecule is O=C(Nc1ncn(Cc2ccc(Cl)cc2)n1)c1cc(COc2ccc3c(c2)OCO3)cs1. The molecule has 162 valence electrons. The maximum Gasteiger partial charge on any atom is 0.268 e. The zero-order valence-electron chi connectivity index (χ0n) is 16.7. The van der Waals surface area contributed by atoms with Crippen molar-refractivity contribution in [2.24, 2.45) is 0 Å². The predicted octanol–water partition coefficient (Wildman–Crippen LogP) is 4.60. The summed E-state index contributed by atoms with van der Waals surface area (Å²) in [4.78, 5) is 17.3. The van der Waals surface area contributed by atoms with Crippen molar-refractivity contribution in [2.45, 2.75) is 13.2 Å². The summed E-state index contributed by atoms with van der Waals surface area (Å²) in [6, 6.07) is 14.7. The Hall–Kier alpha value is -3.56. The maximum atomic E-state index is 12.6. The fourth-order valence-corrected chi connectivity index (χ4v) is 3.99. The van der Waals surface area contributed by atoms with Gasteiger partial charge in [0, 0.05) is 16.7 Å². The number of hydrogen-bond donors (Lipinski definition) is 1. The van der Waals surface area contributed by atoms with Crippen molar-refractivity contribution < 1.29 is 19.0 Å². The molecule has 0 aliphatic carbocycles. The van der Waals surface area contributed by atoms with Crippen molar-refractivity contribution in [3.05, 3.63) is 81.3 Å². The molecular weight excluding hydrogens is 452 g/mol. The van der Waals surface area contributed by atoms with Crippen LogP contribution >= 0.6 is 22.9 Å². The minimum Gasteiger partial charge on any atom is -0.489 e. The maximum absolute atomic E-state index is 12.6. The van der Waals surface area contributed by atoms with E-state index in [1.807, 2.05) is 41.8 Å². The molecule has 0 radical (unpaired) electrons. The minimum atomic E-state index is -0.270. The second kappa shape index (κ2) is 8.89. The fourth-order valence-electron chi connectivity index (χ4n) is 3.07. The smallest absolute Gasteiger partial charge is 0.268 e. The Bertz CT molecular complexity index is 1260. The molecule has 2 aromatic heterocycles. The van der Waals surface area contributed by atoms with Gasteiger partial charge in [-0.05, 0) is 41.3 Å². The number of halogens is 1. The zero-order chi connectivity index (χ0) is 21.9. The van der Waals surface area contributed by atoms with Gasteiger partial charge in [-0.25, -0.2) is 9.67 Å². The van der Waals surface area contributed by atoms with E-state index in [9.17, 15) is 4.79 Å². The van der Waals surface area contributed by atoms with Gasteiger partial charge in [-0.15, -0.1) is 16.4 Å². The lowest BCUT2D eigenvalue weighted by atomic mass is 10.2. The first-order valence-corrected chi connectivity index (χ1v) is 10.9. The highest BCUT2D eigenvalue weighted by Crippen LogP contribution is 2.35. The number of thiophene rings is 1. The van der Waals surface area contributed by atoms with Crippen LogP contribution in [0.2, 0.25) is 5.02 Å². The molecule has 10 heteroatoms. The van der Waals surface area contributed by atoms with Crippen LogP contribution in [0.25, 0.3) is 0 Å². The van der Waals surface area contributed by atoms with Crippen LogP contribution < -0.4 is 19.5 Å². The van der Waals surface area contributed by atoms with Crippen LogP contribution in [0.4, 0.5) is 5.95 Å². The summed E-state index contributed by atoms with van der Waals surface area (Å²) >= 11 is 7.24. The van der Waals surface area contributed by atoms with Gasteiger partial charge in [0.25, 0.3) is 5.91 Å². The molecule has 2 aromatic carbocycles. The summed E-state index contributed by atoms with van der Waals surface area (Å²) in [6.45, 7) is 1.08. The second-order valence-corrected chi connectivity index (χ2v) is 8.32. The van der Waals surface area contributed by atoms with Gasteiger partial charge in [0.15, 0.2) is 11.5 Å². The molecule has 1 aliphatic heterocycles. The topological polar surface area (TPSA) is 87.5 Å². The third-order valence-electron chi connectivity index (χ3n) is 4.65. The average Bonchev–Trinajstić information content (AvgIpc) is 3.54. The molecule has 8 nitrogen and oxygen atoms in total. The Morgan fingerprint density at radius 2 is 1.97 bits per heavy atom. The van der Waals surface area contributed by atoms with E-state index in [1.165, 1.54) is 11.3 Å². The van der Waals surface area contributed by atoms with E-state index >= 15 is 0 Å². The quantitative estimate of drug-likeness (QED) is 0.426. The first-order valence-electron chi connectivity index (χ1n) is 9.67. The van der Waals surface area contributed by atoms with Crippen LogP contribution in [0.1, 0.15) is 20.8 Å². The van der Waals surface area contributed by atoms with Gasteiger partial charge in [0.05, 0.1) is 11.4 Å². The lowest BCUT2D eigenvalue weighted by molar-refractivity contribution is 0.102. The standard InChI is InChI=1S/C22H17ClN4O4S/c23-16-3-1-14(2-4-16)9-27-12-24-22(26-27)25-21(28)20-7-15(11-32-20)10-29-17-5-6-18-19(8-17)31-13-30-18/h1-8,11-12H,9-10,13H2,(H,25,26,28). The van der Waals surface area contributed by atoms with Crippen molar-refractivity contribution in [3.8, 4) is 17.2 Å². The van der Waals surface area contributed by atoms with Gasteiger partial charge >= 0.3 is 0 Å². The van der Waals surface area contributed by atoms with Gasteiger partial charge in [-0.1, -0.05) is 23.7 Å². The first kappa shape index (κ1) is 20.3. The largest absolute Gasteiger partial charge is 0.489 e. The Balaban J connectivity index is 1.16. The molecule has 0 fully saturated rings. The summed E-state index contributed by atoms with van der Waals surface area (Å²) < 4.78 is 18.1. The molecule has 1 aliphatic rings. The molecule has 3 heterocycles. The summed E-state index contributed by atoms with van der Waals surface area (Å²) in [5.74, 6) is 2.01. The lowest BCUT2D eigenvalue weighted by Gasteiger charge is -2.05. The Kier molecular flexibility index (Phi) is 5.66. The van der Waals surface area contributed by atoms with Gasteiger partial charge in [-0.3, -0.25) is 10.1 Å². The van der Waals surface area contributed by atoms with Gasteiger partial charge < -0.3 is 14.2 Å². The highest BCUT2D eigenvalue weighted by molar-refractivity contribution is 7.12. The molecule has 1 N–H and O–H groups in total. The van der Waals surface area contributed by atoms with E-state index in [2.05, 4.69) is 15.4 Å². The van der Waals surface area contributed by atoms with Crippen molar-refractivity contribution in [1.82, 2.24) is 14.8 Å². The molecule has 0 unspecified atom stereocenters. The van der Waals surface area contributed by atoms with Crippen molar-refractivity contribution >= 4 is 34.8 Å². The molecule has 0 saturated carbocycles. The van der Waals surface area contributed by atoms with E-state index in [1.54, 1.807) is 23.1 Å². The van der Waals surface area contributed by atoms with Crippen LogP contribution in [-0.2, 0) is 13.2 Å². The Labute approximate surface area is 192 Å². The van der Waals surface area contributed by atoms with E-state index in [4.69, 9.17) is 25.8 Å². The Morgan fingerprint density at radius 3 is 2.84 bits per heavy atom. The van der Waals surface area contributed by atoms with E-state index in [0.717, 1.165) is 11.1 Å². The van der Waals surface area contributed by atoms with Gasteiger partial charge in [-0.2, -0.15) is 0 Å². The Morgan fingerprint density at radius 1 is 1.12 bits per heavy atom. The number of amides is 1. The summed E-state index contributed by atoms with van der Waals surface area (Å²) in [7, 11) is 0. The molecule has 0 bridgehead atoms. The summed E-state index contributed by atoms with van der Waals surface area (Å²) in [6.07, 6.45) is 1.57. The molecule has 1 amide bonds. The predicted molar refractivity (Wildman–Crippen MR) is 120 cm³/mol. The van der Waals surface area contributed by atoms with Gasteiger partial charge in [0.1, 0.15) is 18.7 Å². The lowest BCUT2D eigenvalue weighted by Crippen LogP contribution is -2.12. The van der Waals surface area contributed by atoms with Crippen molar-refractivity contribution in [1.29, 1.82) is 0 Å². The number of nitrogens with zero attached hydrogens (tertiary/aromatic N) is 3. The van der Waals surface area contributed by atoms with Gasteiger partial charge in [0.2, 0.25) is 12.7 Å². The monoisotopic (exact) mass is 468 g/mol. The molecule has 4 aromatic rings. The highest BCUT2D eigenvalue weighted by atomic mass is 35.5. The highest BCUT2D eigenvalue weighted by Gasteiger charge is 2.15. The molecule has 0 atom stereocenters. The molecule has 0 saturated heterocycles. The number of anilines is 1. The number of fused-ring (bicyclic) bond motifs is 1. The molecule has 32 heavy (non-hydrogen) atoms. The number of aromatic nitrogens is 3. The van der Waals surface area contributed by atoms with Crippen molar-refractivity contribution in [2.75, 3.05) is 12.1 Å². The van der Waals surface area contributed by atoms with Crippen molar-refractivity contribution in [3.63, 3.8) is 0 Å². The molecular formula is C22H17ClN4O4S. The minimum absolute atomic E-state index is 0.218. The summed E-state index contributed by atoms with van der Waals surface area (Å²) in [5, 5.41) is 9.59. The average molecular weight is 469 g/mol. The van der Waals surface area contributed by atoms with E-state index in [-0.39, 0.29) is 18.6 Å². The van der Waals surface area contributed by atoms with Crippen LogP contribution in [0.3, 0.4) is 0 Å². The third kappa shape index (κ3) is 4.68. The number of carbonyl (C=O) groups is 1. The van der Waals surface area contributed by atoms with E-state index < -0.39 is 0 Å². The first-order chi connectivity index (χ1) is 15.6. The van der Waals surface area contributed by atoms with Crippen LogP contribution in [0, 0.1) is 0 Å². The number of carbonyl (C=O) groups excluding carboxylic acids is 1. The van der Waals surface area contributed by atoms with E-state index in [0.29, 0.717) is 40.3 Å². The normalized spacial score (nSPS) is 12.0. The molecule has 0 spiro atoms. The molecule has 5 rings (SSSR count). The number of hydrogen-bond acceptors (Lipinski definition) is 7. The van der Waals surface area contributed by atoms with Crippen LogP contribution in [0.5, 0.6) is 17.2 Å². The number of ether oxygens (including phenoxy) is 3. The fraction of sp³-hybridized carbons (Fsp3) is 0.136. The number of benzene rings is 2. The number of rotatable bonds is 7. The van der Waals surface area contributed by atoms with Crippen LogP contribution in [0.15, 0.2) is 60.2 Å². The summed E-state index contributed by atoms with van der Waals surface area (Å²) in [5.41, 5.74) is 1.92. The van der Waals surface area contributed by atoms with Crippen LogP contribution in [-0.4, -0.2) is 27.5 Å². The zero-order valence-corrected chi connectivity index (χ0v) is 18.2. The number of nitrogens with one attached hydrogen (secondary N) is 1. The third-order valence-corrected chi connectivity index (χ3v) is 5.88.